The first-order chi connectivity index (χ1) is 20.3. The van der Waals surface area contributed by atoms with Crippen molar-refractivity contribution < 1.29 is 32.6 Å². The lowest BCUT2D eigenvalue weighted by Crippen LogP contribution is -2.24. The van der Waals surface area contributed by atoms with E-state index in [1.807, 2.05) is 0 Å². The van der Waals surface area contributed by atoms with Gasteiger partial charge in [-0.2, -0.15) is 0 Å². The van der Waals surface area contributed by atoms with Crippen molar-refractivity contribution in [3.05, 3.63) is 94.7 Å². The summed E-state index contributed by atoms with van der Waals surface area (Å²) in [6.45, 7) is 2.30. The number of carbonyl (C=O) groups is 2. The normalized spacial score (nSPS) is 12.2. The van der Waals surface area contributed by atoms with Gasteiger partial charge < -0.3 is 24.4 Å². The Morgan fingerprint density at radius 2 is 1.71 bits per heavy atom. The number of aromatic nitrogens is 2. The molecule has 0 saturated heterocycles. The predicted octanol–water partition coefficient (Wildman–Crippen LogP) is 5.44. The third-order valence-corrected chi connectivity index (χ3v) is 6.74. The molecule has 0 unspecified atom stereocenters. The van der Waals surface area contributed by atoms with Crippen LogP contribution in [0.15, 0.2) is 60.7 Å². The molecule has 9 nitrogen and oxygen atoms in total. The molecule has 0 bridgehead atoms. The van der Waals surface area contributed by atoms with E-state index in [-0.39, 0.29) is 48.6 Å². The summed E-state index contributed by atoms with van der Waals surface area (Å²) in [5.74, 6) is -1.30. The van der Waals surface area contributed by atoms with Crippen LogP contribution in [0.3, 0.4) is 0 Å². The number of rotatable bonds is 10. The molecule has 4 aromatic rings. The van der Waals surface area contributed by atoms with Gasteiger partial charge in [0.1, 0.15) is 34.5 Å². The lowest BCUT2D eigenvalue weighted by molar-refractivity contribution is -0.142. The molecule has 2 heterocycles. The fourth-order valence-electron chi connectivity index (χ4n) is 4.71. The maximum Gasteiger partial charge on any atom is 0.310 e. The number of methoxy groups -OCH3 is 2. The Kier molecular flexibility index (Phi) is 8.28. The molecule has 0 saturated carbocycles. The summed E-state index contributed by atoms with van der Waals surface area (Å²) in [5.41, 5.74) is 2.14. The Hall–Kier alpha value is -5.06. The molecule has 0 radical (unpaired) electrons. The molecular formula is C31H28F2N4O5. The molecule has 11 heteroatoms. The van der Waals surface area contributed by atoms with Crippen LogP contribution in [0, 0.1) is 11.6 Å². The van der Waals surface area contributed by atoms with Crippen LogP contribution >= 0.6 is 0 Å². The Morgan fingerprint density at radius 3 is 2.38 bits per heavy atom. The number of anilines is 2. The van der Waals surface area contributed by atoms with Crippen molar-refractivity contribution in [1.82, 2.24) is 14.9 Å². The van der Waals surface area contributed by atoms with Gasteiger partial charge in [-0.25, -0.2) is 18.7 Å². The van der Waals surface area contributed by atoms with Crippen LogP contribution in [0.25, 0.3) is 11.4 Å². The van der Waals surface area contributed by atoms with E-state index < -0.39 is 17.2 Å². The minimum atomic E-state index is -0.826. The summed E-state index contributed by atoms with van der Waals surface area (Å²) in [4.78, 5) is 35.9. The van der Waals surface area contributed by atoms with Gasteiger partial charge in [-0.1, -0.05) is 18.2 Å². The second kappa shape index (κ2) is 12.2. The van der Waals surface area contributed by atoms with Crippen LogP contribution in [-0.2, 0) is 29.0 Å². The molecule has 5 rings (SSSR count). The summed E-state index contributed by atoms with van der Waals surface area (Å²) in [7, 11) is 3.08. The number of benzene rings is 3. The third kappa shape index (κ3) is 5.85. The number of esters is 1. The maximum atomic E-state index is 14.8. The van der Waals surface area contributed by atoms with Gasteiger partial charge in [-0.05, 0) is 48.9 Å². The Morgan fingerprint density at radius 1 is 0.976 bits per heavy atom. The molecular weight excluding hydrogens is 546 g/mol. The number of nitrogens with one attached hydrogen (secondary N) is 1. The van der Waals surface area contributed by atoms with Crippen molar-refractivity contribution in [1.29, 1.82) is 0 Å². The minimum absolute atomic E-state index is 0.0854. The monoisotopic (exact) mass is 574 g/mol. The lowest BCUT2D eigenvalue weighted by Gasteiger charge is -2.18. The summed E-state index contributed by atoms with van der Waals surface area (Å²) in [6, 6.07) is 15.7. The van der Waals surface area contributed by atoms with Crippen LogP contribution in [0.2, 0.25) is 0 Å². The Labute approximate surface area is 241 Å². The first kappa shape index (κ1) is 28.5. The Balaban J connectivity index is 1.50. The van der Waals surface area contributed by atoms with E-state index in [1.165, 1.54) is 13.2 Å². The number of amides is 1. The average Bonchev–Trinajstić information content (AvgIpc) is 3.29. The van der Waals surface area contributed by atoms with E-state index in [4.69, 9.17) is 14.2 Å². The molecule has 0 aliphatic carbocycles. The zero-order chi connectivity index (χ0) is 29.8. The lowest BCUT2D eigenvalue weighted by atomic mass is 10.1. The van der Waals surface area contributed by atoms with E-state index in [9.17, 15) is 18.4 Å². The highest BCUT2D eigenvalue weighted by atomic mass is 19.1. The van der Waals surface area contributed by atoms with Gasteiger partial charge in [0, 0.05) is 17.3 Å². The van der Waals surface area contributed by atoms with Gasteiger partial charge in [0.15, 0.2) is 5.82 Å². The largest absolute Gasteiger partial charge is 0.497 e. The fraction of sp³-hybridized carbons (Fsp3) is 0.226. The second-order valence-corrected chi connectivity index (χ2v) is 9.46. The maximum absolute atomic E-state index is 14.8. The van der Waals surface area contributed by atoms with Gasteiger partial charge in [0.2, 0.25) is 0 Å². The minimum Gasteiger partial charge on any atom is -0.497 e. The standard InChI is InChI=1S/C31H28F2N4O5/c1-4-42-26(38)14-18-8-11-20(12-9-18)34-30-28-24(35-29(36-30)27-22(32)6-5-7-23(27)33)17-37(31(28)39)16-19-10-13-21(40-2)15-25(19)41-3/h5-13,15H,4,14,16-17H2,1-3H3,(H,34,35,36). The van der Waals surface area contributed by atoms with Gasteiger partial charge >= 0.3 is 5.97 Å². The van der Waals surface area contributed by atoms with E-state index in [0.717, 1.165) is 23.3 Å². The van der Waals surface area contributed by atoms with Crippen molar-refractivity contribution in [3.63, 3.8) is 0 Å². The summed E-state index contributed by atoms with van der Waals surface area (Å²) in [6.07, 6.45) is 0.107. The zero-order valence-corrected chi connectivity index (χ0v) is 23.2. The number of hydrogen-bond acceptors (Lipinski definition) is 8. The predicted molar refractivity (Wildman–Crippen MR) is 151 cm³/mol. The van der Waals surface area contributed by atoms with Crippen molar-refractivity contribution in [2.75, 3.05) is 26.1 Å². The number of ether oxygens (including phenoxy) is 3. The van der Waals surface area contributed by atoms with Gasteiger partial charge in [-0.3, -0.25) is 9.59 Å². The van der Waals surface area contributed by atoms with Crippen LogP contribution in [0.4, 0.5) is 20.3 Å². The van der Waals surface area contributed by atoms with Gasteiger partial charge in [0.25, 0.3) is 5.91 Å². The molecule has 0 spiro atoms. The molecule has 42 heavy (non-hydrogen) atoms. The summed E-state index contributed by atoms with van der Waals surface area (Å²) >= 11 is 0. The van der Waals surface area contributed by atoms with Crippen LogP contribution in [-0.4, -0.2) is 47.6 Å². The van der Waals surface area contributed by atoms with Crippen LogP contribution in [0.1, 0.15) is 34.1 Å². The summed E-state index contributed by atoms with van der Waals surface area (Å²) in [5, 5.41) is 3.11. The third-order valence-electron chi connectivity index (χ3n) is 6.74. The number of nitrogens with zero attached hydrogens (tertiary/aromatic N) is 3. The van der Waals surface area contributed by atoms with E-state index in [0.29, 0.717) is 29.5 Å². The molecule has 1 aliphatic heterocycles. The summed E-state index contributed by atoms with van der Waals surface area (Å²) < 4.78 is 45.3. The number of halogens is 2. The molecule has 1 N–H and O–H groups in total. The highest BCUT2D eigenvalue weighted by molar-refractivity contribution is 6.03. The number of fused-ring (bicyclic) bond motifs is 1. The van der Waals surface area contributed by atoms with E-state index in [1.54, 1.807) is 61.4 Å². The van der Waals surface area contributed by atoms with Crippen molar-refractivity contribution >= 4 is 23.4 Å². The van der Waals surface area contributed by atoms with Crippen LogP contribution in [0.5, 0.6) is 11.5 Å². The fourth-order valence-corrected chi connectivity index (χ4v) is 4.71. The van der Waals surface area contributed by atoms with Crippen molar-refractivity contribution in [3.8, 4) is 22.9 Å². The molecule has 0 fully saturated rings. The highest BCUT2D eigenvalue weighted by Crippen LogP contribution is 2.35. The first-order valence-corrected chi connectivity index (χ1v) is 13.2. The molecule has 3 aromatic carbocycles. The van der Waals surface area contributed by atoms with Gasteiger partial charge in [0.05, 0.1) is 51.6 Å². The SMILES string of the molecule is CCOC(=O)Cc1ccc(Nc2nc(-c3c(F)cccc3F)nc3c2C(=O)N(Cc2ccc(OC)cc2OC)C3)cc1. The molecule has 216 valence electrons. The van der Waals surface area contributed by atoms with E-state index >= 15 is 0 Å². The molecule has 1 amide bonds. The first-order valence-electron chi connectivity index (χ1n) is 13.2. The molecule has 1 aromatic heterocycles. The average molecular weight is 575 g/mol. The Bertz CT molecular complexity index is 1630. The zero-order valence-electron chi connectivity index (χ0n) is 23.2. The molecule has 0 atom stereocenters. The highest BCUT2D eigenvalue weighted by Gasteiger charge is 2.34. The smallest absolute Gasteiger partial charge is 0.310 e. The number of hydrogen-bond donors (Lipinski definition) is 1. The number of carbonyl (C=O) groups excluding carboxylic acids is 2. The van der Waals surface area contributed by atoms with Gasteiger partial charge in [-0.15, -0.1) is 0 Å². The van der Waals surface area contributed by atoms with Crippen molar-refractivity contribution in [2.45, 2.75) is 26.4 Å². The van der Waals surface area contributed by atoms with E-state index in [2.05, 4.69) is 15.3 Å². The van der Waals surface area contributed by atoms with Crippen molar-refractivity contribution in [2.24, 2.45) is 0 Å². The molecule has 1 aliphatic rings. The topological polar surface area (TPSA) is 103 Å². The quantitative estimate of drug-likeness (QED) is 0.250. The van der Waals surface area contributed by atoms with Crippen LogP contribution < -0.4 is 14.8 Å². The second-order valence-electron chi connectivity index (χ2n) is 9.46.